The number of carbonyl (C=O) groups is 1. The summed E-state index contributed by atoms with van der Waals surface area (Å²) in [5.74, 6) is -0.672. The van der Waals surface area contributed by atoms with Crippen molar-refractivity contribution in [1.29, 1.82) is 0 Å². The van der Waals surface area contributed by atoms with E-state index in [2.05, 4.69) is 4.72 Å². The summed E-state index contributed by atoms with van der Waals surface area (Å²) < 4.78 is 25.4. The first kappa shape index (κ1) is 12.4. The molecule has 0 saturated heterocycles. The Morgan fingerprint density at radius 1 is 1.53 bits per heavy atom. The number of carboxylic acid groups (broad SMARTS) is 1. The predicted molar refractivity (Wildman–Crippen MR) is 56.0 cm³/mol. The highest BCUT2D eigenvalue weighted by Gasteiger charge is 2.34. The van der Waals surface area contributed by atoms with Crippen LogP contribution in [-0.4, -0.2) is 31.3 Å². The first-order valence-corrected chi connectivity index (χ1v) is 6.81. The second-order valence-corrected chi connectivity index (χ2v) is 5.85. The number of sulfonamides is 1. The monoisotopic (exact) mass is 235 g/mol. The zero-order valence-electron chi connectivity index (χ0n) is 8.77. The van der Waals surface area contributed by atoms with Crippen LogP contribution < -0.4 is 4.72 Å². The van der Waals surface area contributed by atoms with E-state index in [0.29, 0.717) is 6.42 Å². The minimum absolute atomic E-state index is 0.0653. The summed E-state index contributed by atoms with van der Waals surface area (Å²) in [5.41, 5.74) is 0. The number of aliphatic carboxylic acids is 1. The van der Waals surface area contributed by atoms with Gasteiger partial charge in [0.1, 0.15) is 0 Å². The molecule has 1 atom stereocenters. The number of hydrogen-bond acceptors (Lipinski definition) is 3. The van der Waals surface area contributed by atoms with E-state index in [-0.39, 0.29) is 18.1 Å². The van der Waals surface area contributed by atoms with Crippen LogP contribution in [0.2, 0.25) is 0 Å². The van der Waals surface area contributed by atoms with Crippen molar-refractivity contribution in [1.82, 2.24) is 4.72 Å². The molecule has 1 unspecified atom stereocenters. The Bertz CT molecular complexity index is 321. The summed E-state index contributed by atoms with van der Waals surface area (Å²) in [4.78, 5) is 10.6. The Labute approximate surface area is 89.9 Å². The Balaban J connectivity index is 2.54. The molecule has 1 fully saturated rings. The fraction of sp³-hybridized carbons (Fsp3) is 0.889. The summed E-state index contributed by atoms with van der Waals surface area (Å²) in [5, 5.41) is 8.65. The average molecular weight is 235 g/mol. The largest absolute Gasteiger partial charge is 0.481 e. The van der Waals surface area contributed by atoms with E-state index < -0.39 is 22.0 Å². The van der Waals surface area contributed by atoms with Gasteiger partial charge in [-0.1, -0.05) is 6.92 Å². The number of rotatable bonds is 7. The van der Waals surface area contributed by atoms with Crippen LogP contribution in [0.25, 0.3) is 0 Å². The summed E-state index contributed by atoms with van der Waals surface area (Å²) in [6.07, 6.45) is 2.27. The quantitative estimate of drug-likeness (QED) is 0.675. The third kappa shape index (κ3) is 4.61. The topological polar surface area (TPSA) is 83.5 Å². The predicted octanol–water partition coefficient (Wildman–Crippen LogP) is 0.569. The smallest absolute Gasteiger partial charge is 0.304 e. The lowest BCUT2D eigenvalue weighted by Gasteiger charge is -2.15. The molecule has 0 aromatic heterocycles. The van der Waals surface area contributed by atoms with E-state index in [1.54, 1.807) is 6.92 Å². The van der Waals surface area contributed by atoms with E-state index in [1.165, 1.54) is 0 Å². The van der Waals surface area contributed by atoms with Crippen molar-refractivity contribution < 1.29 is 18.3 Å². The first-order chi connectivity index (χ1) is 6.94. The maximum absolute atomic E-state index is 11.5. The second-order valence-electron chi connectivity index (χ2n) is 3.98. The van der Waals surface area contributed by atoms with Crippen molar-refractivity contribution in [3.8, 4) is 0 Å². The van der Waals surface area contributed by atoms with Crippen LogP contribution in [0.15, 0.2) is 0 Å². The van der Waals surface area contributed by atoms with Crippen LogP contribution in [0, 0.1) is 5.92 Å². The van der Waals surface area contributed by atoms with Gasteiger partial charge >= 0.3 is 5.97 Å². The minimum atomic E-state index is -3.29. The highest BCUT2D eigenvalue weighted by Crippen LogP contribution is 2.34. The molecule has 1 saturated carbocycles. The molecule has 0 radical (unpaired) electrons. The lowest BCUT2D eigenvalue weighted by atomic mass is 10.1. The van der Waals surface area contributed by atoms with Crippen LogP contribution in [0.5, 0.6) is 0 Å². The molecule has 0 bridgehead atoms. The highest BCUT2D eigenvalue weighted by atomic mass is 32.2. The highest BCUT2D eigenvalue weighted by molar-refractivity contribution is 7.89. The maximum atomic E-state index is 11.5. The van der Waals surface area contributed by atoms with Crippen LogP contribution >= 0.6 is 0 Å². The van der Waals surface area contributed by atoms with E-state index in [1.807, 2.05) is 0 Å². The standard InChI is InChI=1S/C9H17NO4S/c1-2-5-15(13,14)10-8(6-9(11)12)7-3-4-7/h7-8,10H,2-6H2,1H3,(H,11,12). The zero-order chi connectivity index (χ0) is 11.5. The number of hydrogen-bond donors (Lipinski definition) is 2. The molecule has 0 aromatic carbocycles. The summed E-state index contributed by atoms with van der Waals surface area (Å²) in [6, 6.07) is -0.418. The van der Waals surface area contributed by atoms with Gasteiger partial charge in [0.05, 0.1) is 12.2 Å². The first-order valence-electron chi connectivity index (χ1n) is 5.16. The molecule has 88 valence electrons. The van der Waals surface area contributed by atoms with E-state index in [0.717, 1.165) is 12.8 Å². The molecular formula is C9H17NO4S. The van der Waals surface area contributed by atoms with Gasteiger partial charge < -0.3 is 5.11 Å². The van der Waals surface area contributed by atoms with Gasteiger partial charge in [0.25, 0.3) is 0 Å². The zero-order valence-corrected chi connectivity index (χ0v) is 9.59. The summed E-state index contributed by atoms with van der Waals surface area (Å²) >= 11 is 0. The van der Waals surface area contributed by atoms with Gasteiger partial charge in [-0.25, -0.2) is 13.1 Å². The van der Waals surface area contributed by atoms with Crippen molar-refractivity contribution in [2.24, 2.45) is 5.92 Å². The third-order valence-electron chi connectivity index (χ3n) is 2.39. The van der Waals surface area contributed by atoms with Gasteiger partial charge in [-0.3, -0.25) is 4.79 Å². The molecule has 5 nitrogen and oxygen atoms in total. The molecule has 0 aliphatic heterocycles. The number of carboxylic acids is 1. The molecule has 6 heteroatoms. The average Bonchev–Trinajstić information content (AvgIpc) is 2.82. The van der Waals surface area contributed by atoms with Gasteiger partial charge in [0, 0.05) is 6.04 Å². The van der Waals surface area contributed by atoms with Crippen LogP contribution in [0.3, 0.4) is 0 Å². The molecule has 0 spiro atoms. The molecule has 1 aliphatic carbocycles. The molecular weight excluding hydrogens is 218 g/mol. The van der Waals surface area contributed by atoms with Crippen molar-refractivity contribution in [3.63, 3.8) is 0 Å². The summed E-state index contributed by atoms with van der Waals surface area (Å²) in [7, 11) is -3.29. The fourth-order valence-corrected chi connectivity index (χ4v) is 2.94. The molecule has 1 aliphatic rings. The van der Waals surface area contributed by atoms with Gasteiger partial charge in [-0.15, -0.1) is 0 Å². The van der Waals surface area contributed by atoms with Crippen molar-refractivity contribution in [3.05, 3.63) is 0 Å². The fourth-order valence-electron chi connectivity index (χ4n) is 1.55. The van der Waals surface area contributed by atoms with Gasteiger partial charge in [0.15, 0.2) is 0 Å². The lowest BCUT2D eigenvalue weighted by Crippen LogP contribution is -2.39. The van der Waals surface area contributed by atoms with Gasteiger partial charge in [-0.05, 0) is 25.2 Å². The molecule has 15 heavy (non-hydrogen) atoms. The Morgan fingerprint density at radius 3 is 2.53 bits per heavy atom. The Hall–Kier alpha value is -0.620. The number of nitrogens with one attached hydrogen (secondary N) is 1. The van der Waals surface area contributed by atoms with Crippen LogP contribution in [-0.2, 0) is 14.8 Å². The van der Waals surface area contributed by atoms with E-state index in [9.17, 15) is 13.2 Å². The van der Waals surface area contributed by atoms with Gasteiger partial charge in [0.2, 0.25) is 10.0 Å². The van der Waals surface area contributed by atoms with Crippen LogP contribution in [0.4, 0.5) is 0 Å². The SMILES string of the molecule is CCCS(=O)(=O)NC(CC(=O)O)C1CC1. The van der Waals surface area contributed by atoms with Crippen molar-refractivity contribution in [2.75, 3.05) is 5.75 Å². The van der Waals surface area contributed by atoms with E-state index >= 15 is 0 Å². The molecule has 2 N–H and O–H groups in total. The second kappa shape index (κ2) is 4.94. The van der Waals surface area contributed by atoms with Crippen molar-refractivity contribution in [2.45, 2.75) is 38.6 Å². The normalized spacial score (nSPS) is 18.7. The minimum Gasteiger partial charge on any atom is -0.481 e. The Morgan fingerprint density at radius 2 is 2.13 bits per heavy atom. The summed E-state index contributed by atoms with van der Waals surface area (Å²) in [6.45, 7) is 1.78. The molecule has 0 amide bonds. The maximum Gasteiger partial charge on any atom is 0.304 e. The molecule has 0 heterocycles. The lowest BCUT2D eigenvalue weighted by molar-refractivity contribution is -0.137. The molecule has 1 rings (SSSR count). The Kier molecular flexibility index (Phi) is 4.10. The van der Waals surface area contributed by atoms with E-state index in [4.69, 9.17) is 5.11 Å². The molecule has 0 aromatic rings. The van der Waals surface area contributed by atoms with Crippen molar-refractivity contribution >= 4 is 16.0 Å². The third-order valence-corrected chi connectivity index (χ3v) is 4.00. The van der Waals surface area contributed by atoms with Gasteiger partial charge in [-0.2, -0.15) is 0 Å². The van der Waals surface area contributed by atoms with Crippen LogP contribution in [0.1, 0.15) is 32.6 Å².